The maximum absolute atomic E-state index is 13.3. The monoisotopic (exact) mass is 426 g/mol. The van der Waals surface area contributed by atoms with E-state index in [4.69, 9.17) is 0 Å². The number of hydrogen-bond donors (Lipinski definition) is 0. The fraction of sp³-hybridized carbons (Fsp3) is 0.179. The molecule has 1 aromatic heterocycles. The molecule has 162 valence electrons. The van der Waals surface area contributed by atoms with Crippen LogP contribution >= 0.6 is 0 Å². The Kier molecular flexibility index (Phi) is 6.81. The Morgan fingerprint density at radius 1 is 0.812 bits per heavy atom. The molecule has 3 aromatic carbocycles. The zero-order valence-electron chi connectivity index (χ0n) is 18.2. The number of aromatic nitrogens is 1. The Morgan fingerprint density at radius 2 is 1.53 bits per heavy atom. The Balaban J connectivity index is 1.55. The lowest BCUT2D eigenvalue weighted by Crippen LogP contribution is -2.32. The maximum Gasteiger partial charge on any atom is 0.227 e. The summed E-state index contributed by atoms with van der Waals surface area (Å²) in [6.07, 6.45) is 2.30. The molecule has 4 aromatic rings. The minimum absolute atomic E-state index is 0.0177. The standard InChI is InChI=1S/C28H27FN2O/c1-22-8-5-6-11-25(22)20-30-17-7-12-27(30)21-31(19-24-9-3-2-4-10-24)28(32)18-23-13-15-26(29)16-14-23/h2-17H,18-21H2,1H3. The highest BCUT2D eigenvalue weighted by atomic mass is 19.1. The summed E-state index contributed by atoms with van der Waals surface area (Å²) in [6, 6.07) is 28.6. The van der Waals surface area contributed by atoms with Gasteiger partial charge in [0.25, 0.3) is 0 Å². The molecule has 3 nitrogen and oxygen atoms in total. The van der Waals surface area contributed by atoms with E-state index in [-0.39, 0.29) is 18.1 Å². The lowest BCUT2D eigenvalue weighted by atomic mass is 10.1. The Labute approximate surface area is 188 Å². The quantitative estimate of drug-likeness (QED) is 0.352. The lowest BCUT2D eigenvalue weighted by molar-refractivity contribution is -0.131. The molecule has 1 amide bonds. The zero-order valence-corrected chi connectivity index (χ0v) is 18.2. The second kappa shape index (κ2) is 10.1. The number of amides is 1. The highest BCUT2D eigenvalue weighted by Gasteiger charge is 2.17. The molecule has 0 saturated carbocycles. The number of carbonyl (C=O) groups excluding carboxylic acids is 1. The molecule has 0 saturated heterocycles. The average molecular weight is 427 g/mol. The maximum atomic E-state index is 13.3. The van der Waals surface area contributed by atoms with Crippen molar-refractivity contribution < 1.29 is 9.18 Å². The molecule has 4 rings (SSSR count). The van der Waals surface area contributed by atoms with Crippen LogP contribution in [0.1, 0.15) is 27.9 Å². The first kappa shape index (κ1) is 21.6. The number of rotatable bonds is 8. The van der Waals surface area contributed by atoms with E-state index < -0.39 is 0 Å². The lowest BCUT2D eigenvalue weighted by Gasteiger charge is -2.24. The molecule has 4 heteroatoms. The molecule has 0 aliphatic carbocycles. The molecule has 0 atom stereocenters. The largest absolute Gasteiger partial charge is 0.345 e. The van der Waals surface area contributed by atoms with Crippen LogP contribution in [0.3, 0.4) is 0 Å². The summed E-state index contributed by atoms with van der Waals surface area (Å²) >= 11 is 0. The number of carbonyl (C=O) groups is 1. The number of benzene rings is 3. The van der Waals surface area contributed by atoms with Crippen molar-refractivity contribution in [3.8, 4) is 0 Å². The van der Waals surface area contributed by atoms with Crippen molar-refractivity contribution in [1.29, 1.82) is 0 Å². The summed E-state index contributed by atoms with van der Waals surface area (Å²) < 4.78 is 15.5. The van der Waals surface area contributed by atoms with E-state index in [0.717, 1.165) is 23.4 Å². The van der Waals surface area contributed by atoms with Gasteiger partial charge in [-0.25, -0.2) is 4.39 Å². The van der Waals surface area contributed by atoms with Crippen molar-refractivity contribution in [3.63, 3.8) is 0 Å². The highest BCUT2D eigenvalue weighted by molar-refractivity contribution is 5.78. The molecule has 0 aliphatic heterocycles. The molecular formula is C28H27FN2O. The first-order chi connectivity index (χ1) is 15.6. The van der Waals surface area contributed by atoms with Crippen molar-refractivity contribution in [1.82, 2.24) is 9.47 Å². The molecule has 0 unspecified atom stereocenters. The molecular weight excluding hydrogens is 399 g/mol. The summed E-state index contributed by atoms with van der Waals surface area (Å²) in [7, 11) is 0. The molecule has 0 N–H and O–H groups in total. The van der Waals surface area contributed by atoms with Gasteiger partial charge in [0.05, 0.1) is 13.0 Å². The Bertz CT molecular complexity index is 1170. The summed E-state index contributed by atoms with van der Waals surface area (Å²) in [5.74, 6) is -0.277. The van der Waals surface area contributed by atoms with Crippen LogP contribution in [0.15, 0.2) is 97.2 Å². The minimum atomic E-state index is -0.295. The third-order valence-electron chi connectivity index (χ3n) is 5.72. The average Bonchev–Trinajstić information content (AvgIpc) is 3.24. The van der Waals surface area contributed by atoms with Crippen LogP contribution in [0.5, 0.6) is 0 Å². The SMILES string of the molecule is Cc1ccccc1Cn1cccc1CN(Cc1ccccc1)C(=O)Cc1ccc(F)cc1. The summed E-state index contributed by atoms with van der Waals surface area (Å²) in [4.78, 5) is 15.2. The van der Waals surface area contributed by atoms with Crippen LogP contribution in [0, 0.1) is 12.7 Å². The van der Waals surface area contributed by atoms with E-state index in [1.54, 1.807) is 12.1 Å². The van der Waals surface area contributed by atoms with Gasteiger partial charge in [-0.2, -0.15) is 0 Å². The van der Waals surface area contributed by atoms with Gasteiger partial charge in [0.2, 0.25) is 5.91 Å². The van der Waals surface area contributed by atoms with Gasteiger partial charge in [-0.15, -0.1) is 0 Å². The van der Waals surface area contributed by atoms with Crippen LogP contribution in [0.25, 0.3) is 0 Å². The van der Waals surface area contributed by atoms with E-state index in [1.807, 2.05) is 47.4 Å². The fourth-order valence-electron chi connectivity index (χ4n) is 3.84. The second-order valence-corrected chi connectivity index (χ2v) is 8.09. The molecule has 0 spiro atoms. The topological polar surface area (TPSA) is 25.2 Å². The van der Waals surface area contributed by atoms with Crippen molar-refractivity contribution in [2.24, 2.45) is 0 Å². The van der Waals surface area contributed by atoms with Gasteiger partial charge < -0.3 is 9.47 Å². The summed E-state index contributed by atoms with van der Waals surface area (Å²) in [5.41, 5.74) is 5.48. The second-order valence-electron chi connectivity index (χ2n) is 8.09. The van der Waals surface area contributed by atoms with Crippen LogP contribution in [0.4, 0.5) is 4.39 Å². The van der Waals surface area contributed by atoms with Gasteiger partial charge in [0, 0.05) is 25.0 Å². The fourth-order valence-corrected chi connectivity index (χ4v) is 3.84. The molecule has 0 aliphatic rings. The van der Waals surface area contributed by atoms with Gasteiger partial charge in [-0.05, 0) is 53.4 Å². The van der Waals surface area contributed by atoms with Gasteiger partial charge in [0.15, 0.2) is 0 Å². The van der Waals surface area contributed by atoms with Gasteiger partial charge >= 0.3 is 0 Å². The van der Waals surface area contributed by atoms with Crippen LogP contribution in [-0.4, -0.2) is 15.4 Å². The minimum Gasteiger partial charge on any atom is -0.345 e. The summed E-state index contributed by atoms with van der Waals surface area (Å²) in [6.45, 7) is 3.91. The van der Waals surface area contributed by atoms with Crippen molar-refractivity contribution in [3.05, 3.63) is 131 Å². The number of halogens is 1. The van der Waals surface area contributed by atoms with E-state index in [9.17, 15) is 9.18 Å². The first-order valence-electron chi connectivity index (χ1n) is 10.8. The highest BCUT2D eigenvalue weighted by Crippen LogP contribution is 2.16. The third kappa shape index (κ3) is 5.52. The van der Waals surface area contributed by atoms with Crippen molar-refractivity contribution >= 4 is 5.91 Å². The molecule has 0 fully saturated rings. The van der Waals surface area contributed by atoms with Crippen molar-refractivity contribution in [2.75, 3.05) is 0 Å². The number of hydrogen-bond acceptors (Lipinski definition) is 1. The van der Waals surface area contributed by atoms with Crippen molar-refractivity contribution in [2.45, 2.75) is 33.0 Å². The number of nitrogens with zero attached hydrogens (tertiary/aromatic N) is 2. The van der Waals surface area contributed by atoms with E-state index in [0.29, 0.717) is 13.1 Å². The zero-order chi connectivity index (χ0) is 22.3. The van der Waals surface area contributed by atoms with E-state index >= 15 is 0 Å². The Morgan fingerprint density at radius 3 is 2.28 bits per heavy atom. The van der Waals surface area contributed by atoms with Crippen LogP contribution in [0.2, 0.25) is 0 Å². The number of aryl methyl sites for hydroxylation is 1. The molecule has 0 bridgehead atoms. The van der Waals surface area contributed by atoms with Gasteiger partial charge in [-0.3, -0.25) is 4.79 Å². The normalized spacial score (nSPS) is 10.8. The molecule has 32 heavy (non-hydrogen) atoms. The van der Waals surface area contributed by atoms with E-state index in [2.05, 4.69) is 42.0 Å². The predicted molar refractivity (Wildman–Crippen MR) is 126 cm³/mol. The van der Waals surface area contributed by atoms with Gasteiger partial charge in [0.1, 0.15) is 5.82 Å². The molecule has 1 heterocycles. The van der Waals surface area contributed by atoms with Crippen LogP contribution < -0.4 is 0 Å². The predicted octanol–water partition coefficient (Wildman–Crippen LogP) is 5.76. The van der Waals surface area contributed by atoms with Crippen LogP contribution in [-0.2, 0) is 30.8 Å². The summed E-state index contributed by atoms with van der Waals surface area (Å²) in [5, 5.41) is 0. The smallest absolute Gasteiger partial charge is 0.227 e. The Hall–Kier alpha value is -3.66. The van der Waals surface area contributed by atoms with E-state index in [1.165, 1.54) is 23.3 Å². The molecule has 0 radical (unpaired) electrons. The first-order valence-corrected chi connectivity index (χ1v) is 10.8. The third-order valence-corrected chi connectivity index (χ3v) is 5.72. The van der Waals surface area contributed by atoms with Gasteiger partial charge in [-0.1, -0.05) is 66.7 Å².